The fourth-order valence-corrected chi connectivity index (χ4v) is 2.06. The lowest BCUT2D eigenvalue weighted by molar-refractivity contribution is 0.0711. The molecule has 0 radical (unpaired) electrons. The third-order valence-corrected chi connectivity index (χ3v) is 3.79. The lowest BCUT2D eigenvalue weighted by atomic mass is 10.1. The number of hydrogen-bond acceptors (Lipinski definition) is 3. The molecule has 3 N–H and O–H groups in total. The maximum absolute atomic E-state index is 12.4. The third kappa shape index (κ3) is 4.61. The Labute approximate surface area is 132 Å². The van der Waals surface area contributed by atoms with Gasteiger partial charge in [-0.2, -0.15) is 0 Å². The summed E-state index contributed by atoms with van der Waals surface area (Å²) >= 11 is 6.85. The highest BCUT2D eigenvalue weighted by Gasteiger charge is 2.19. The van der Waals surface area contributed by atoms with Gasteiger partial charge < -0.3 is 15.7 Å². The number of thiocarbonyl (C=S) groups is 1. The second kappa shape index (κ2) is 7.04. The molecule has 104 valence electrons. The molecule has 0 heterocycles. The van der Waals surface area contributed by atoms with Crippen LogP contribution in [0.2, 0.25) is 0 Å². The van der Waals surface area contributed by atoms with Gasteiger partial charge in [0.05, 0.1) is 8.56 Å². The first kappa shape index (κ1) is 16.2. The van der Waals surface area contributed by atoms with Gasteiger partial charge in [-0.3, -0.25) is 4.79 Å². The quantitative estimate of drug-likeness (QED) is 0.597. The molecule has 0 aromatic heterocycles. The van der Waals surface area contributed by atoms with Crippen LogP contribution in [0.5, 0.6) is 5.75 Å². The molecular formula is C13H17IN2O2S. The zero-order chi connectivity index (χ0) is 14.6. The molecule has 1 amide bonds. The number of rotatable bonds is 5. The summed E-state index contributed by atoms with van der Waals surface area (Å²) in [6.45, 7) is 4.35. The molecule has 0 saturated carbocycles. The molecule has 0 saturated heterocycles. The lowest BCUT2D eigenvalue weighted by Crippen LogP contribution is -2.39. The van der Waals surface area contributed by atoms with Crippen LogP contribution in [0.4, 0.5) is 0 Å². The number of carbonyl (C=O) groups excluding carboxylic acids is 1. The Kier molecular flexibility index (Phi) is 5.99. The molecule has 19 heavy (non-hydrogen) atoms. The van der Waals surface area contributed by atoms with Crippen LogP contribution in [0.25, 0.3) is 0 Å². The van der Waals surface area contributed by atoms with Gasteiger partial charge in [0.2, 0.25) is 0 Å². The average molecular weight is 392 g/mol. The van der Waals surface area contributed by atoms with Crippen LogP contribution in [0.15, 0.2) is 18.2 Å². The van der Waals surface area contributed by atoms with Gasteiger partial charge in [0, 0.05) is 24.6 Å². The van der Waals surface area contributed by atoms with Crippen molar-refractivity contribution in [3.63, 3.8) is 0 Å². The maximum atomic E-state index is 12.4. The average Bonchev–Trinajstić information content (AvgIpc) is 2.31. The van der Waals surface area contributed by atoms with Crippen molar-refractivity contribution in [3.05, 3.63) is 27.3 Å². The van der Waals surface area contributed by atoms with Gasteiger partial charge in [-0.25, -0.2) is 0 Å². The zero-order valence-electron chi connectivity index (χ0n) is 10.9. The summed E-state index contributed by atoms with van der Waals surface area (Å²) in [5, 5.41) is 9.67. The smallest absolute Gasteiger partial charge is 0.254 e. The van der Waals surface area contributed by atoms with Gasteiger partial charge in [-0.15, -0.1) is 0 Å². The van der Waals surface area contributed by atoms with Crippen molar-refractivity contribution in [2.75, 3.05) is 6.54 Å². The molecule has 0 atom stereocenters. The van der Waals surface area contributed by atoms with Gasteiger partial charge >= 0.3 is 0 Å². The number of amides is 1. The van der Waals surface area contributed by atoms with Crippen molar-refractivity contribution < 1.29 is 9.90 Å². The van der Waals surface area contributed by atoms with Crippen LogP contribution in [0.3, 0.4) is 0 Å². The molecule has 0 aliphatic heterocycles. The predicted molar refractivity (Wildman–Crippen MR) is 88.4 cm³/mol. The van der Waals surface area contributed by atoms with E-state index in [2.05, 4.69) is 0 Å². The summed E-state index contributed by atoms with van der Waals surface area (Å²) in [6, 6.07) is 4.96. The summed E-state index contributed by atoms with van der Waals surface area (Å²) in [4.78, 5) is 14.5. The van der Waals surface area contributed by atoms with Crippen LogP contribution in [-0.4, -0.2) is 33.5 Å². The zero-order valence-corrected chi connectivity index (χ0v) is 13.9. The van der Waals surface area contributed by atoms with Gasteiger partial charge in [0.25, 0.3) is 5.91 Å². The second-order valence-electron chi connectivity index (χ2n) is 4.47. The summed E-state index contributed by atoms with van der Waals surface area (Å²) in [7, 11) is 0. The molecule has 0 unspecified atom stereocenters. The number of phenolic OH excluding ortho intramolecular Hbond substituents is 1. The largest absolute Gasteiger partial charge is 0.507 e. The molecule has 0 spiro atoms. The predicted octanol–water partition coefficient (Wildman–Crippen LogP) is 2.52. The number of hydrogen-bond donors (Lipinski definition) is 2. The van der Waals surface area contributed by atoms with Gasteiger partial charge in [-0.1, -0.05) is 12.2 Å². The first-order chi connectivity index (χ1) is 8.82. The number of benzene rings is 1. The van der Waals surface area contributed by atoms with Crippen LogP contribution in [0, 0.1) is 3.57 Å². The maximum Gasteiger partial charge on any atom is 0.254 e. The molecule has 6 heteroatoms. The van der Waals surface area contributed by atoms with E-state index in [1.54, 1.807) is 17.0 Å². The van der Waals surface area contributed by atoms with Crippen molar-refractivity contribution in [2.24, 2.45) is 5.73 Å². The van der Waals surface area contributed by atoms with E-state index in [1.165, 1.54) is 6.07 Å². The molecule has 0 aliphatic carbocycles. The van der Waals surface area contributed by atoms with E-state index in [1.807, 2.05) is 36.4 Å². The van der Waals surface area contributed by atoms with Crippen molar-refractivity contribution in [2.45, 2.75) is 26.3 Å². The van der Waals surface area contributed by atoms with Gasteiger partial charge in [-0.05, 0) is 54.6 Å². The fraction of sp³-hybridized carbons (Fsp3) is 0.385. The molecular weight excluding hydrogens is 375 g/mol. The highest BCUT2D eigenvalue weighted by atomic mass is 127. The summed E-state index contributed by atoms with van der Waals surface area (Å²) in [5.41, 5.74) is 5.94. The Morgan fingerprint density at radius 3 is 2.63 bits per heavy atom. The Balaban J connectivity index is 2.92. The number of halogens is 1. The minimum Gasteiger partial charge on any atom is -0.507 e. The summed E-state index contributed by atoms with van der Waals surface area (Å²) in [5.74, 6) is -0.0116. The Hall–Kier alpha value is -0.890. The molecule has 1 rings (SSSR count). The first-order valence-electron chi connectivity index (χ1n) is 5.90. The van der Waals surface area contributed by atoms with E-state index in [-0.39, 0.29) is 17.7 Å². The Bertz CT molecular complexity index is 492. The molecule has 0 bridgehead atoms. The SMILES string of the molecule is CC(C)N(CCC(N)=S)C(=O)c1ccc(I)c(O)c1. The standard InChI is InChI=1S/C13H17IN2O2S/c1-8(2)16(6-5-12(15)19)13(18)9-3-4-10(14)11(17)7-9/h3-4,7-8,17H,5-6H2,1-2H3,(H2,15,19). The van der Waals surface area contributed by atoms with Crippen molar-refractivity contribution in [3.8, 4) is 5.75 Å². The van der Waals surface area contributed by atoms with E-state index in [0.29, 0.717) is 27.1 Å². The van der Waals surface area contributed by atoms with Crippen molar-refractivity contribution in [1.29, 1.82) is 0 Å². The fourth-order valence-electron chi connectivity index (χ4n) is 1.64. The normalized spacial score (nSPS) is 10.5. The second-order valence-corrected chi connectivity index (χ2v) is 6.16. The van der Waals surface area contributed by atoms with E-state index in [0.717, 1.165) is 0 Å². The topological polar surface area (TPSA) is 66.6 Å². The highest BCUT2D eigenvalue weighted by molar-refractivity contribution is 14.1. The van der Waals surface area contributed by atoms with Crippen LogP contribution in [0.1, 0.15) is 30.6 Å². The van der Waals surface area contributed by atoms with Crippen molar-refractivity contribution in [1.82, 2.24) is 4.90 Å². The van der Waals surface area contributed by atoms with Crippen LogP contribution in [-0.2, 0) is 0 Å². The number of phenols is 1. The highest BCUT2D eigenvalue weighted by Crippen LogP contribution is 2.21. The minimum atomic E-state index is -0.127. The van der Waals surface area contributed by atoms with E-state index in [4.69, 9.17) is 18.0 Å². The van der Waals surface area contributed by atoms with E-state index < -0.39 is 0 Å². The van der Waals surface area contributed by atoms with Crippen molar-refractivity contribution >= 4 is 45.7 Å². The molecule has 0 fully saturated rings. The van der Waals surface area contributed by atoms with Gasteiger partial charge in [0.1, 0.15) is 5.75 Å². The number of aromatic hydroxyl groups is 1. The minimum absolute atomic E-state index is 0.0447. The summed E-state index contributed by atoms with van der Waals surface area (Å²) < 4.78 is 0.716. The monoisotopic (exact) mass is 392 g/mol. The molecule has 1 aromatic carbocycles. The third-order valence-electron chi connectivity index (χ3n) is 2.68. The Morgan fingerprint density at radius 2 is 2.16 bits per heavy atom. The van der Waals surface area contributed by atoms with Crippen LogP contribution >= 0.6 is 34.8 Å². The molecule has 4 nitrogen and oxygen atoms in total. The first-order valence-corrected chi connectivity index (χ1v) is 7.39. The number of nitrogens with two attached hydrogens (primary N) is 1. The molecule has 0 aliphatic rings. The van der Waals surface area contributed by atoms with Crippen LogP contribution < -0.4 is 5.73 Å². The molecule has 1 aromatic rings. The summed E-state index contributed by atoms with van der Waals surface area (Å²) in [6.07, 6.45) is 0.496. The van der Waals surface area contributed by atoms with E-state index in [9.17, 15) is 9.90 Å². The lowest BCUT2D eigenvalue weighted by Gasteiger charge is -2.26. The Morgan fingerprint density at radius 1 is 1.53 bits per heavy atom. The van der Waals surface area contributed by atoms with Gasteiger partial charge in [0.15, 0.2) is 0 Å². The number of carbonyl (C=O) groups is 1. The van der Waals surface area contributed by atoms with E-state index >= 15 is 0 Å². The number of nitrogens with zero attached hydrogens (tertiary/aromatic N) is 1.